The maximum Gasteiger partial charge on any atom is 0.247 e. The van der Waals surface area contributed by atoms with Crippen LogP contribution < -0.4 is 5.73 Å². The van der Waals surface area contributed by atoms with Crippen LogP contribution in [0.4, 0.5) is 4.39 Å². The Kier molecular flexibility index (Phi) is 4.46. The van der Waals surface area contributed by atoms with Crippen LogP contribution in [0.3, 0.4) is 0 Å². The van der Waals surface area contributed by atoms with Gasteiger partial charge in [-0.05, 0) is 30.7 Å². The molecule has 3 aromatic rings. The summed E-state index contributed by atoms with van der Waals surface area (Å²) in [5.41, 5.74) is 5.92. The molecule has 1 aromatic carbocycles. The summed E-state index contributed by atoms with van der Waals surface area (Å²) in [6.45, 7) is 3.27. The molecule has 1 unspecified atom stereocenters. The van der Waals surface area contributed by atoms with E-state index in [9.17, 15) is 12.8 Å². The minimum Gasteiger partial charge on any atom is -0.421 e. The van der Waals surface area contributed by atoms with E-state index in [1.807, 2.05) is 18.2 Å². The second-order valence-corrected chi connectivity index (χ2v) is 10.0. The zero-order chi connectivity index (χ0) is 21.0. The van der Waals surface area contributed by atoms with Gasteiger partial charge in [0, 0.05) is 24.4 Å². The van der Waals surface area contributed by atoms with E-state index in [0.29, 0.717) is 22.2 Å². The number of hydrogen-bond acceptors (Lipinski definition) is 8. The standard InChI is InChI=1S/C18H18FN5O3S2/c1-10-22-23-16(27-10)12-6-4-5-11(7-12)14-8-13(19)15(28-14)18(2)9-29(25,26)24(3)17(20)21-18/h4-8H,9H2,1-3H3,(H2,20,21). The molecule has 4 rings (SSSR count). The van der Waals surface area contributed by atoms with E-state index < -0.39 is 21.4 Å². The van der Waals surface area contributed by atoms with Crippen LogP contribution >= 0.6 is 11.3 Å². The molecule has 0 radical (unpaired) electrons. The number of nitrogens with zero attached hydrogens (tertiary/aromatic N) is 4. The Bertz CT molecular complexity index is 1230. The van der Waals surface area contributed by atoms with E-state index in [0.717, 1.165) is 21.2 Å². The molecule has 3 heterocycles. The number of aliphatic imine (C=N–C) groups is 1. The number of hydrogen-bond donors (Lipinski definition) is 1. The Morgan fingerprint density at radius 3 is 2.66 bits per heavy atom. The number of guanidine groups is 1. The lowest BCUT2D eigenvalue weighted by molar-refractivity contribution is 0.466. The van der Waals surface area contributed by atoms with Gasteiger partial charge in [-0.15, -0.1) is 21.5 Å². The fourth-order valence-corrected chi connectivity index (χ4v) is 5.81. The van der Waals surface area contributed by atoms with Gasteiger partial charge in [-0.2, -0.15) is 0 Å². The molecule has 1 atom stereocenters. The summed E-state index contributed by atoms with van der Waals surface area (Å²) >= 11 is 1.14. The van der Waals surface area contributed by atoms with Gasteiger partial charge in [0.2, 0.25) is 27.8 Å². The van der Waals surface area contributed by atoms with Crippen LogP contribution in [0, 0.1) is 12.7 Å². The van der Waals surface area contributed by atoms with Crippen LogP contribution in [-0.2, 0) is 15.6 Å². The topological polar surface area (TPSA) is 115 Å². The van der Waals surface area contributed by atoms with E-state index in [2.05, 4.69) is 15.2 Å². The van der Waals surface area contributed by atoms with Crippen molar-refractivity contribution in [1.29, 1.82) is 0 Å². The molecule has 8 nitrogen and oxygen atoms in total. The molecule has 1 aliphatic heterocycles. The van der Waals surface area contributed by atoms with E-state index in [4.69, 9.17) is 10.2 Å². The Labute approximate surface area is 170 Å². The van der Waals surface area contributed by atoms with E-state index in [1.165, 1.54) is 13.1 Å². The molecule has 0 saturated carbocycles. The summed E-state index contributed by atoms with van der Waals surface area (Å²) in [6, 6.07) is 8.64. The van der Waals surface area contributed by atoms with E-state index >= 15 is 0 Å². The summed E-state index contributed by atoms with van der Waals surface area (Å²) in [4.78, 5) is 5.12. The molecule has 0 amide bonds. The van der Waals surface area contributed by atoms with Crippen LogP contribution in [0.25, 0.3) is 21.9 Å². The maximum absolute atomic E-state index is 14.9. The van der Waals surface area contributed by atoms with Gasteiger partial charge in [-0.3, -0.25) is 0 Å². The van der Waals surface area contributed by atoms with E-state index in [-0.39, 0.29) is 16.6 Å². The number of rotatable bonds is 3. The normalized spacial score (nSPS) is 21.2. The molecule has 2 N–H and O–H groups in total. The number of sulfonamides is 1. The van der Waals surface area contributed by atoms with Crippen molar-refractivity contribution in [3.63, 3.8) is 0 Å². The van der Waals surface area contributed by atoms with Gasteiger partial charge in [-0.25, -0.2) is 22.1 Å². The zero-order valence-corrected chi connectivity index (χ0v) is 17.5. The Morgan fingerprint density at radius 1 is 1.28 bits per heavy atom. The van der Waals surface area contributed by atoms with Crippen LogP contribution in [0.2, 0.25) is 0 Å². The van der Waals surface area contributed by atoms with Gasteiger partial charge in [-0.1, -0.05) is 12.1 Å². The predicted molar refractivity (Wildman–Crippen MR) is 108 cm³/mol. The van der Waals surface area contributed by atoms with Crippen molar-refractivity contribution in [2.75, 3.05) is 12.8 Å². The zero-order valence-electron chi connectivity index (χ0n) is 15.9. The molecule has 0 fully saturated rings. The van der Waals surface area contributed by atoms with Gasteiger partial charge in [0.15, 0.2) is 0 Å². The first-order valence-corrected chi connectivity index (χ1v) is 11.0. The van der Waals surface area contributed by atoms with Crippen molar-refractivity contribution in [2.24, 2.45) is 10.7 Å². The highest BCUT2D eigenvalue weighted by molar-refractivity contribution is 7.89. The summed E-state index contributed by atoms with van der Waals surface area (Å²) in [6.07, 6.45) is 0. The highest BCUT2D eigenvalue weighted by Gasteiger charge is 2.43. The van der Waals surface area contributed by atoms with Gasteiger partial charge in [0.1, 0.15) is 11.4 Å². The average Bonchev–Trinajstić information content (AvgIpc) is 3.26. The molecule has 0 aliphatic carbocycles. The fourth-order valence-electron chi connectivity index (χ4n) is 3.16. The Hall–Kier alpha value is -2.79. The molecule has 152 valence electrons. The van der Waals surface area contributed by atoms with Crippen LogP contribution in [-0.4, -0.2) is 41.7 Å². The number of benzene rings is 1. The minimum atomic E-state index is -3.69. The van der Waals surface area contributed by atoms with Crippen LogP contribution in [0.5, 0.6) is 0 Å². The minimum absolute atomic E-state index is 0.165. The van der Waals surface area contributed by atoms with Gasteiger partial charge < -0.3 is 10.2 Å². The monoisotopic (exact) mass is 435 g/mol. The van der Waals surface area contributed by atoms with Crippen molar-refractivity contribution >= 4 is 27.3 Å². The quantitative estimate of drug-likeness (QED) is 0.676. The number of thiophene rings is 1. The molecule has 0 saturated heterocycles. The smallest absolute Gasteiger partial charge is 0.247 e. The molecule has 0 bridgehead atoms. The van der Waals surface area contributed by atoms with Gasteiger partial charge in [0.05, 0.1) is 10.6 Å². The number of aromatic nitrogens is 2. The molecular weight excluding hydrogens is 417 g/mol. The highest BCUT2D eigenvalue weighted by Crippen LogP contribution is 2.41. The molecule has 29 heavy (non-hydrogen) atoms. The van der Waals surface area contributed by atoms with Crippen LogP contribution in [0.1, 0.15) is 17.7 Å². The third-order valence-corrected chi connectivity index (χ3v) is 8.02. The lowest BCUT2D eigenvalue weighted by Crippen LogP contribution is -2.50. The summed E-state index contributed by atoms with van der Waals surface area (Å²) in [5, 5.41) is 7.82. The average molecular weight is 436 g/mol. The van der Waals surface area contributed by atoms with Crippen molar-refractivity contribution in [1.82, 2.24) is 14.5 Å². The van der Waals surface area contributed by atoms with Gasteiger partial charge >= 0.3 is 0 Å². The van der Waals surface area contributed by atoms with Crippen LogP contribution in [0.15, 0.2) is 39.7 Å². The Morgan fingerprint density at radius 2 is 2.00 bits per heavy atom. The maximum atomic E-state index is 14.9. The number of aryl methyl sites for hydroxylation is 1. The highest BCUT2D eigenvalue weighted by atomic mass is 32.2. The molecule has 11 heteroatoms. The third-order valence-electron chi connectivity index (χ3n) is 4.66. The summed E-state index contributed by atoms with van der Waals surface area (Å²) in [7, 11) is -2.36. The Balaban J connectivity index is 1.76. The van der Waals surface area contributed by atoms with Crippen molar-refractivity contribution in [3.8, 4) is 21.9 Å². The first-order chi connectivity index (χ1) is 13.6. The second kappa shape index (κ2) is 6.63. The molecular formula is C18H18FN5O3S2. The lowest BCUT2D eigenvalue weighted by Gasteiger charge is -2.33. The first kappa shape index (κ1) is 19.5. The largest absolute Gasteiger partial charge is 0.421 e. The molecule has 2 aromatic heterocycles. The van der Waals surface area contributed by atoms with Crippen molar-refractivity contribution in [2.45, 2.75) is 19.4 Å². The van der Waals surface area contributed by atoms with Crippen molar-refractivity contribution in [3.05, 3.63) is 46.9 Å². The number of nitrogens with two attached hydrogens (primary N) is 1. The van der Waals surface area contributed by atoms with Crippen molar-refractivity contribution < 1.29 is 17.2 Å². The van der Waals surface area contributed by atoms with Gasteiger partial charge in [0.25, 0.3) is 0 Å². The lowest BCUT2D eigenvalue weighted by atomic mass is 10.0. The molecule has 1 aliphatic rings. The molecule has 0 spiro atoms. The summed E-state index contributed by atoms with van der Waals surface area (Å²) < 4.78 is 46.0. The second-order valence-electron chi connectivity index (χ2n) is 6.96. The summed E-state index contributed by atoms with van der Waals surface area (Å²) in [5.74, 6) is -0.242. The third kappa shape index (κ3) is 3.40. The number of halogens is 1. The van der Waals surface area contributed by atoms with E-state index in [1.54, 1.807) is 19.9 Å². The first-order valence-electron chi connectivity index (χ1n) is 8.62. The SMILES string of the molecule is Cc1nnc(-c2cccc(-c3cc(F)c(C4(C)CS(=O)(=O)N(C)C(N)=N4)s3)c2)o1. The fraction of sp³-hybridized carbons (Fsp3) is 0.278. The predicted octanol–water partition coefficient (Wildman–Crippen LogP) is 2.72.